The number of rotatable bonds is 2. The molecule has 0 radical (unpaired) electrons. The molecule has 0 spiro atoms. The maximum absolute atomic E-state index is 10.5. The van der Waals surface area contributed by atoms with Crippen molar-refractivity contribution in [2.75, 3.05) is 0 Å². The Kier molecular flexibility index (Phi) is 2.94. The van der Waals surface area contributed by atoms with Crippen molar-refractivity contribution in [2.45, 2.75) is 0 Å². The highest BCUT2D eigenvalue weighted by Gasteiger charge is 2.05. The monoisotopic (exact) mass is 260 g/mol. The van der Waals surface area contributed by atoms with Gasteiger partial charge in [-0.15, -0.1) is 0 Å². The molecule has 0 amide bonds. The first-order valence-electron chi connectivity index (χ1n) is 5.95. The Balaban J connectivity index is 2.48. The normalized spacial score (nSPS) is 10.0. The van der Waals surface area contributed by atoms with Crippen LogP contribution in [0, 0.1) is 0 Å². The van der Waals surface area contributed by atoms with Gasteiger partial charge in [-0.1, -0.05) is 24.3 Å². The second-order valence-corrected chi connectivity index (χ2v) is 4.25. The Bertz CT molecular complexity index is 845. The summed E-state index contributed by atoms with van der Waals surface area (Å²) in [6.07, 6.45) is 3.11. The molecule has 0 unspecified atom stereocenters. The second kappa shape index (κ2) is 4.90. The highest BCUT2D eigenvalue weighted by molar-refractivity contribution is 6.06. The highest BCUT2D eigenvalue weighted by atomic mass is 16.1. The smallest absolute Gasteiger partial charge is 0.211 e. The van der Waals surface area contributed by atoms with Gasteiger partial charge in [0.15, 0.2) is 0 Å². The van der Waals surface area contributed by atoms with Gasteiger partial charge in [-0.25, -0.2) is 9.59 Å². The summed E-state index contributed by atoms with van der Waals surface area (Å²) >= 11 is 0. The predicted molar refractivity (Wildman–Crippen MR) is 77.0 cm³/mol. The number of hydrogen-bond acceptors (Lipinski definition) is 4. The summed E-state index contributed by atoms with van der Waals surface area (Å²) in [4.78, 5) is 28.4. The van der Waals surface area contributed by atoms with Crippen molar-refractivity contribution >= 4 is 45.1 Å². The zero-order valence-electron chi connectivity index (χ0n) is 10.3. The van der Waals surface area contributed by atoms with Crippen LogP contribution in [0.5, 0.6) is 0 Å². The molecule has 0 N–H and O–H groups in total. The zero-order valence-corrected chi connectivity index (χ0v) is 10.3. The third-order valence-corrected chi connectivity index (χ3v) is 3.17. The van der Waals surface area contributed by atoms with Gasteiger partial charge < -0.3 is 0 Å². The Hall–Kier alpha value is -3.06. The van der Waals surface area contributed by atoms with Crippen LogP contribution in [-0.2, 0) is 9.59 Å². The van der Waals surface area contributed by atoms with E-state index in [1.54, 1.807) is 24.3 Å². The van der Waals surface area contributed by atoms with Crippen LogP contribution in [0.2, 0.25) is 0 Å². The van der Waals surface area contributed by atoms with Gasteiger partial charge in [-0.05, 0) is 35.0 Å². The number of fused-ring (bicyclic) bond motifs is 2. The van der Waals surface area contributed by atoms with Crippen molar-refractivity contribution in [2.24, 2.45) is 9.98 Å². The first-order chi connectivity index (χ1) is 9.83. The van der Waals surface area contributed by atoms with Gasteiger partial charge in [-0.3, -0.25) is 0 Å². The van der Waals surface area contributed by atoms with Gasteiger partial charge in [0.2, 0.25) is 12.2 Å². The lowest BCUT2D eigenvalue weighted by atomic mass is 10.0. The minimum atomic E-state index is 0.546. The fourth-order valence-electron chi connectivity index (χ4n) is 2.31. The molecule has 0 aromatic heterocycles. The van der Waals surface area contributed by atoms with Crippen LogP contribution in [0.1, 0.15) is 0 Å². The molecular weight excluding hydrogens is 252 g/mol. The van der Waals surface area contributed by atoms with E-state index < -0.39 is 0 Å². The molecule has 4 heteroatoms. The fraction of sp³-hybridized carbons (Fsp3) is 0. The third-order valence-electron chi connectivity index (χ3n) is 3.17. The molecule has 0 saturated heterocycles. The van der Waals surface area contributed by atoms with E-state index in [-0.39, 0.29) is 0 Å². The van der Waals surface area contributed by atoms with E-state index in [2.05, 4.69) is 9.98 Å². The number of carbonyl (C=O) groups excluding carboxylic acids is 2. The van der Waals surface area contributed by atoms with Gasteiger partial charge >= 0.3 is 0 Å². The standard InChI is InChI=1S/C16H8N2O2/c19-9-17-15-5-1-3-11-7-12-4-2-6-16(18-10-20)14(12)8-13(11)15/h1-8H. The summed E-state index contributed by atoms with van der Waals surface area (Å²) in [6.45, 7) is 0. The van der Waals surface area contributed by atoms with Crippen LogP contribution in [-0.4, -0.2) is 12.2 Å². The molecule has 0 saturated carbocycles. The second-order valence-electron chi connectivity index (χ2n) is 4.25. The Morgan fingerprint density at radius 2 is 1.20 bits per heavy atom. The molecule has 20 heavy (non-hydrogen) atoms. The van der Waals surface area contributed by atoms with Crippen LogP contribution < -0.4 is 0 Å². The van der Waals surface area contributed by atoms with Gasteiger partial charge in [0.25, 0.3) is 0 Å². The van der Waals surface area contributed by atoms with E-state index in [1.165, 1.54) is 0 Å². The zero-order chi connectivity index (χ0) is 13.9. The van der Waals surface area contributed by atoms with Gasteiger partial charge in [0, 0.05) is 10.8 Å². The number of isocyanates is 2. The van der Waals surface area contributed by atoms with Crippen LogP contribution >= 0.6 is 0 Å². The number of aliphatic imine (C=N–C) groups is 2. The summed E-state index contributed by atoms with van der Waals surface area (Å²) in [5.41, 5.74) is 1.09. The third kappa shape index (κ3) is 1.91. The lowest BCUT2D eigenvalue weighted by molar-refractivity contribution is 0.564. The minimum absolute atomic E-state index is 0.546. The average molecular weight is 260 g/mol. The molecular formula is C16H8N2O2. The lowest BCUT2D eigenvalue weighted by Crippen LogP contribution is -1.78. The molecule has 0 bridgehead atoms. The van der Waals surface area contributed by atoms with E-state index in [0.29, 0.717) is 11.4 Å². The molecule has 3 aromatic rings. The Morgan fingerprint density at radius 1 is 0.700 bits per heavy atom. The topological polar surface area (TPSA) is 58.9 Å². The molecule has 94 valence electrons. The van der Waals surface area contributed by atoms with Gasteiger partial charge in [0.05, 0.1) is 11.4 Å². The lowest BCUT2D eigenvalue weighted by Gasteiger charge is -2.05. The first kappa shape index (κ1) is 12.0. The van der Waals surface area contributed by atoms with Crippen molar-refractivity contribution in [1.29, 1.82) is 0 Å². The van der Waals surface area contributed by atoms with Crippen LogP contribution in [0.4, 0.5) is 11.4 Å². The van der Waals surface area contributed by atoms with E-state index in [0.717, 1.165) is 21.5 Å². The van der Waals surface area contributed by atoms with E-state index in [4.69, 9.17) is 0 Å². The van der Waals surface area contributed by atoms with Crippen LogP contribution in [0.25, 0.3) is 21.5 Å². The molecule has 0 atom stereocenters. The molecule has 0 heterocycles. The van der Waals surface area contributed by atoms with Crippen molar-refractivity contribution < 1.29 is 9.59 Å². The summed E-state index contributed by atoms with van der Waals surface area (Å²) in [5, 5.41) is 3.55. The molecule has 0 aliphatic rings. The van der Waals surface area contributed by atoms with Gasteiger partial charge in [-0.2, -0.15) is 9.98 Å². The Morgan fingerprint density at radius 3 is 1.65 bits per heavy atom. The van der Waals surface area contributed by atoms with Crippen molar-refractivity contribution in [1.82, 2.24) is 0 Å². The average Bonchev–Trinajstić information content (AvgIpc) is 2.47. The van der Waals surface area contributed by atoms with Crippen LogP contribution in [0.3, 0.4) is 0 Å². The number of nitrogens with zero attached hydrogens (tertiary/aromatic N) is 2. The summed E-state index contributed by atoms with van der Waals surface area (Å²) < 4.78 is 0. The summed E-state index contributed by atoms with van der Waals surface area (Å²) in [7, 11) is 0. The maximum atomic E-state index is 10.5. The molecule has 0 aliphatic heterocycles. The van der Waals surface area contributed by atoms with Crippen molar-refractivity contribution in [3.05, 3.63) is 48.5 Å². The summed E-state index contributed by atoms with van der Waals surface area (Å²) in [5.74, 6) is 0. The molecule has 0 aliphatic carbocycles. The van der Waals surface area contributed by atoms with Crippen molar-refractivity contribution in [3.8, 4) is 0 Å². The first-order valence-corrected chi connectivity index (χ1v) is 5.95. The molecule has 3 aromatic carbocycles. The maximum Gasteiger partial charge on any atom is 0.240 e. The molecule has 3 rings (SSSR count). The van der Waals surface area contributed by atoms with E-state index >= 15 is 0 Å². The largest absolute Gasteiger partial charge is 0.240 e. The predicted octanol–water partition coefficient (Wildman–Crippen LogP) is 3.93. The van der Waals surface area contributed by atoms with Gasteiger partial charge in [0.1, 0.15) is 0 Å². The summed E-state index contributed by atoms with van der Waals surface area (Å²) in [6, 6.07) is 14.9. The number of hydrogen-bond donors (Lipinski definition) is 0. The quantitative estimate of drug-likeness (QED) is 0.398. The fourth-order valence-corrected chi connectivity index (χ4v) is 2.31. The molecule has 0 fully saturated rings. The Labute approximate surface area is 114 Å². The minimum Gasteiger partial charge on any atom is -0.211 e. The van der Waals surface area contributed by atoms with Crippen LogP contribution in [0.15, 0.2) is 58.5 Å². The highest BCUT2D eigenvalue weighted by Crippen LogP contribution is 2.33. The van der Waals surface area contributed by atoms with E-state index in [9.17, 15) is 9.59 Å². The SMILES string of the molecule is O=C=Nc1cccc2cc3cccc(N=C=O)c3cc12. The van der Waals surface area contributed by atoms with E-state index in [1.807, 2.05) is 36.4 Å². The number of benzene rings is 3. The van der Waals surface area contributed by atoms with Crippen molar-refractivity contribution in [3.63, 3.8) is 0 Å². The molecule has 4 nitrogen and oxygen atoms in total.